The van der Waals surface area contributed by atoms with E-state index in [1.54, 1.807) is 0 Å². The number of benzene rings is 1. The molecule has 0 saturated carbocycles. The van der Waals surface area contributed by atoms with Crippen LogP contribution in [-0.4, -0.2) is 46.1 Å². The van der Waals surface area contributed by atoms with Gasteiger partial charge in [0.1, 0.15) is 10.8 Å². The van der Waals surface area contributed by atoms with Crippen LogP contribution in [0.5, 0.6) is 5.75 Å². The molecule has 0 radical (unpaired) electrons. The minimum Gasteiger partial charge on any atom is -0.494 e. The lowest BCUT2D eigenvalue weighted by atomic mass is 9.88. The Morgan fingerprint density at radius 3 is 2.74 bits per heavy atom. The van der Waals surface area contributed by atoms with E-state index in [1.807, 2.05) is 42.8 Å². The monoisotopic (exact) mass is 500 g/mol. The number of hydrogen-bond acceptors (Lipinski definition) is 8. The highest BCUT2D eigenvalue weighted by Gasteiger charge is 2.29. The molecule has 4 rings (SSSR count). The number of anilines is 1. The highest BCUT2D eigenvalue weighted by atomic mass is 32.2. The first-order valence-electron chi connectivity index (χ1n) is 11.2. The number of nitrogens with one attached hydrogen (secondary N) is 1. The van der Waals surface area contributed by atoms with Crippen LogP contribution in [0.1, 0.15) is 41.1 Å². The number of amides is 1. The van der Waals surface area contributed by atoms with Gasteiger partial charge in [0.15, 0.2) is 11.0 Å². The number of nitrogens with zero attached hydrogens (tertiary/aromatic N) is 3. The summed E-state index contributed by atoms with van der Waals surface area (Å²) in [5.74, 6) is 1.62. The van der Waals surface area contributed by atoms with E-state index in [0.29, 0.717) is 34.1 Å². The van der Waals surface area contributed by atoms with Gasteiger partial charge >= 0.3 is 5.97 Å². The SMILES string of the molecule is CCOc1ccc(-c2nnc(SCC(=O)Nc3sc4c(c3C(=O)OC)CCC(C)C4)n2C)cc1. The number of carbonyl (C=O) groups excluding carboxylic acids is 2. The second kappa shape index (κ2) is 10.6. The first-order chi connectivity index (χ1) is 16.4. The standard InChI is InChI=1S/C24H28N4O4S2/c1-5-32-16-9-7-15(8-10-16)21-26-27-24(28(21)3)33-13-19(29)25-22-20(23(30)31-4)17-11-6-14(2)12-18(17)34-22/h7-10,14H,5-6,11-13H2,1-4H3,(H,25,29). The molecule has 1 unspecified atom stereocenters. The third-order valence-electron chi connectivity index (χ3n) is 5.74. The summed E-state index contributed by atoms with van der Waals surface area (Å²) in [6, 6.07) is 7.66. The molecule has 0 spiro atoms. The van der Waals surface area contributed by atoms with Crippen molar-refractivity contribution in [3.63, 3.8) is 0 Å². The largest absolute Gasteiger partial charge is 0.494 e. The molecule has 0 aliphatic heterocycles. The van der Waals surface area contributed by atoms with Crippen LogP contribution in [-0.2, 0) is 29.4 Å². The number of fused-ring (bicyclic) bond motifs is 1. The molecular weight excluding hydrogens is 472 g/mol. The summed E-state index contributed by atoms with van der Waals surface area (Å²) in [4.78, 5) is 26.4. The van der Waals surface area contributed by atoms with Gasteiger partial charge in [-0.2, -0.15) is 0 Å². The van der Waals surface area contributed by atoms with Gasteiger partial charge in [0.25, 0.3) is 0 Å². The van der Waals surface area contributed by atoms with Crippen molar-refractivity contribution in [3.05, 3.63) is 40.3 Å². The maximum Gasteiger partial charge on any atom is 0.341 e. The molecule has 0 bridgehead atoms. The molecular formula is C24H28N4O4S2. The third kappa shape index (κ3) is 5.12. The summed E-state index contributed by atoms with van der Waals surface area (Å²) >= 11 is 2.78. The van der Waals surface area contributed by atoms with Gasteiger partial charge < -0.3 is 19.4 Å². The Hall–Kier alpha value is -2.85. The quantitative estimate of drug-likeness (QED) is 0.357. The van der Waals surface area contributed by atoms with Crippen molar-refractivity contribution in [2.24, 2.45) is 13.0 Å². The topological polar surface area (TPSA) is 95.3 Å². The van der Waals surface area contributed by atoms with Gasteiger partial charge in [0.05, 0.1) is 25.0 Å². The molecule has 1 atom stereocenters. The summed E-state index contributed by atoms with van der Waals surface area (Å²) in [5.41, 5.74) is 2.44. The predicted octanol–water partition coefficient (Wildman–Crippen LogP) is 4.58. The highest BCUT2D eigenvalue weighted by Crippen LogP contribution is 2.40. The van der Waals surface area contributed by atoms with Gasteiger partial charge in [-0.05, 0) is 61.9 Å². The zero-order valence-electron chi connectivity index (χ0n) is 19.7. The van der Waals surface area contributed by atoms with Crippen molar-refractivity contribution >= 4 is 40.0 Å². The van der Waals surface area contributed by atoms with Crippen LogP contribution in [0.2, 0.25) is 0 Å². The number of hydrogen-bond donors (Lipinski definition) is 1. The molecule has 2 heterocycles. The fourth-order valence-electron chi connectivity index (χ4n) is 4.01. The maximum absolute atomic E-state index is 12.8. The predicted molar refractivity (Wildman–Crippen MR) is 134 cm³/mol. The van der Waals surface area contributed by atoms with E-state index in [-0.39, 0.29) is 11.7 Å². The Morgan fingerprint density at radius 2 is 2.03 bits per heavy atom. The van der Waals surface area contributed by atoms with Gasteiger partial charge in [0.2, 0.25) is 5.91 Å². The number of methoxy groups -OCH3 is 1. The second-order valence-corrected chi connectivity index (χ2v) is 10.3. The molecule has 2 aromatic heterocycles. The van der Waals surface area contributed by atoms with Crippen molar-refractivity contribution in [1.82, 2.24) is 14.8 Å². The van der Waals surface area contributed by atoms with Crippen molar-refractivity contribution in [2.45, 2.75) is 38.3 Å². The zero-order chi connectivity index (χ0) is 24.2. The minimum atomic E-state index is -0.400. The van der Waals surface area contributed by atoms with Crippen molar-refractivity contribution < 1.29 is 19.1 Å². The summed E-state index contributed by atoms with van der Waals surface area (Å²) in [7, 11) is 3.24. The minimum absolute atomic E-state index is 0.148. The summed E-state index contributed by atoms with van der Waals surface area (Å²) in [6.45, 7) is 4.76. The number of ether oxygens (including phenoxy) is 2. The Kier molecular flexibility index (Phi) is 7.57. The van der Waals surface area contributed by atoms with Crippen molar-refractivity contribution in [1.29, 1.82) is 0 Å². The van der Waals surface area contributed by atoms with E-state index in [1.165, 1.54) is 30.2 Å². The Morgan fingerprint density at radius 1 is 1.26 bits per heavy atom. The first-order valence-corrected chi connectivity index (χ1v) is 13.0. The summed E-state index contributed by atoms with van der Waals surface area (Å²) in [5, 5.41) is 12.7. The van der Waals surface area contributed by atoms with E-state index >= 15 is 0 Å². The lowest BCUT2D eigenvalue weighted by Gasteiger charge is -2.18. The normalized spacial score (nSPS) is 15.0. The van der Waals surface area contributed by atoms with Crippen LogP contribution in [0.4, 0.5) is 5.00 Å². The van der Waals surface area contributed by atoms with Gasteiger partial charge in [0, 0.05) is 17.5 Å². The molecule has 8 nitrogen and oxygen atoms in total. The van der Waals surface area contributed by atoms with Crippen LogP contribution >= 0.6 is 23.1 Å². The van der Waals surface area contributed by atoms with Crippen LogP contribution < -0.4 is 10.1 Å². The summed E-state index contributed by atoms with van der Waals surface area (Å²) < 4.78 is 12.4. The molecule has 1 aromatic carbocycles. The van der Waals surface area contributed by atoms with Gasteiger partial charge in [-0.15, -0.1) is 21.5 Å². The van der Waals surface area contributed by atoms with Gasteiger partial charge in [-0.1, -0.05) is 18.7 Å². The third-order valence-corrected chi connectivity index (χ3v) is 7.93. The second-order valence-electron chi connectivity index (χ2n) is 8.21. The highest BCUT2D eigenvalue weighted by molar-refractivity contribution is 7.99. The molecule has 10 heteroatoms. The molecule has 3 aromatic rings. The molecule has 1 N–H and O–H groups in total. The van der Waals surface area contributed by atoms with E-state index in [2.05, 4.69) is 22.4 Å². The Bertz CT molecular complexity index is 1190. The molecule has 1 amide bonds. The Labute approximate surface area is 207 Å². The molecule has 1 aliphatic rings. The zero-order valence-corrected chi connectivity index (χ0v) is 21.3. The summed E-state index contributed by atoms with van der Waals surface area (Å²) in [6.07, 6.45) is 2.77. The number of thiophene rings is 1. The molecule has 1 aliphatic carbocycles. The van der Waals surface area contributed by atoms with Crippen LogP contribution in [0.3, 0.4) is 0 Å². The first kappa shape index (κ1) is 24.3. The average molecular weight is 501 g/mol. The lowest BCUT2D eigenvalue weighted by Crippen LogP contribution is -2.17. The number of aromatic nitrogens is 3. The van der Waals surface area contributed by atoms with Crippen molar-refractivity contribution in [2.75, 3.05) is 24.8 Å². The average Bonchev–Trinajstić information content (AvgIpc) is 3.37. The molecule has 0 saturated heterocycles. The van der Waals surface area contributed by atoms with E-state index in [4.69, 9.17) is 9.47 Å². The molecule has 34 heavy (non-hydrogen) atoms. The smallest absolute Gasteiger partial charge is 0.341 e. The van der Waals surface area contributed by atoms with E-state index in [0.717, 1.165) is 41.0 Å². The van der Waals surface area contributed by atoms with Crippen LogP contribution in [0.25, 0.3) is 11.4 Å². The van der Waals surface area contributed by atoms with Gasteiger partial charge in [-0.25, -0.2) is 4.79 Å². The maximum atomic E-state index is 12.8. The molecule has 180 valence electrons. The van der Waals surface area contributed by atoms with E-state index in [9.17, 15) is 9.59 Å². The number of thioether (sulfide) groups is 1. The number of rotatable bonds is 8. The van der Waals surface area contributed by atoms with Gasteiger partial charge in [-0.3, -0.25) is 4.79 Å². The van der Waals surface area contributed by atoms with Crippen LogP contribution in [0, 0.1) is 5.92 Å². The van der Waals surface area contributed by atoms with E-state index < -0.39 is 5.97 Å². The lowest BCUT2D eigenvalue weighted by molar-refractivity contribution is -0.113. The molecule has 0 fully saturated rings. The van der Waals surface area contributed by atoms with Crippen LogP contribution in [0.15, 0.2) is 29.4 Å². The fraction of sp³-hybridized carbons (Fsp3) is 0.417. The van der Waals surface area contributed by atoms with Crippen molar-refractivity contribution in [3.8, 4) is 17.1 Å². The Balaban J connectivity index is 1.44. The fourth-order valence-corrected chi connectivity index (χ4v) is 6.13. The number of carbonyl (C=O) groups is 2. The number of esters is 1.